The molecule has 0 bridgehead atoms. The summed E-state index contributed by atoms with van der Waals surface area (Å²) in [6.45, 7) is 3.25. The lowest BCUT2D eigenvalue weighted by atomic mass is 9.88. The molecule has 1 fully saturated rings. The first kappa shape index (κ1) is 15.1. The molecular formula is C18H17N3O2S. The minimum Gasteiger partial charge on any atom is -0.343 e. The van der Waals surface area contributed by atoms with Gasteiger partial charge in [0.2, 0.25) is 6.39 Å². The summed E-state index contributed by atoms with van der Waals surface area (Å²) in [7, 11) is 0. The van der Waals surface area contributed by atoms with Crippen molar-refractivity contribution < 1.29 is 9.32 Å². The average Bonchev–Trinajstić information content (AvgIpc) is 3.35. The molecule has 0 aliphatic carbocycles. The van der Waals surface area contributed by atoms with E-state index >= 15 is 0 Å². The van der Waals surface area contributed by atoms with E-state index in [0.717, 1.165) is 10.4 Å². The third-order valence-electron chi connectivity index (χ3n) is 4.60. The molecule has 1 aliphatic heterocycles. The minimum absolute atomic E-state index is 0.0513. The van der Waals surface area contributed by atoms with E-state index in [0.29, 0.717) is 18.9 Å². The molecule has 4 rings (SSSR count). The summed E-state index contributed by atoms with van der Waals surface area (Å²) in [6.07, 6.45) is 1.35. The summed E-state index contributed by atoms with van der Waals surface area (Å²) in [5.74, 6) is 0.986. The van der Waals surface area contributed by atoms with E-state index in [4.69, 9.17) is 4.52 Å². The maximum absolute atomic E-state index is 12.9. The van der Waals surface area contributed by atoms with E-state index in [-0.39, 0.29) is 17.7 Å². The zero-order valence-electron chi connectivity index (χ0n) is 13.3. The number of amides is 1. The molecule has 5 nitrogen and oxygen atoms in total. The fourth-order valence-corrected chi connectivity index (χ4v) is 4.24. The van der Waals surface area contributed by atoms with Gasteiger partial charge in [0, 0.05) is 24.9 Å². The maximum Gasteiger partial charge on any atom is 0.264 e. The number of hydrogen-bond donors (Lipinski definition) is 0. The van der Waals surface area contributed by atoms with Crippen LogP contribution in [-0.4, -0.2) is 34.0 Å². The number of benzene rings is 1. The SMILES string of the molecule is Cc1ccsc1C(=O)N1C[C@H](c2ccccc2)[C@H](c2ncon2)C1. The van der Waals surface area contributed by atoms with Crippen LogP contribution < -0.4 is 0 Å². The van der Waals surface area contributed by atoms with E-state index in [2.05, 4.69) is 22.3 Å². The van der Waals surface area contributed by atoms with Crippen molar-refractivity contribution in [3.63, 3.8) is 0 Å². The molecule has 1 aromatic carbocycles. The van der Waals surface area contributed by atoms with Crippen molar-refractivity contribution in [2.45, 2.75) is 18.8 Å². The van der Waals surface area contributed by atoms with Crippen LogP contribution in [0.5, 0.6) is 0 Å². The van der Waals surface area contributed by atoms with Gasteiger partial charge in [-0.15, -0.1) is 11.3 Å². The van der Waals surface area contributed by atoms with E-state index in [1.807, 2.05) is 41.5 Å². The predicted octanol–water partition coefficient (Wildman–Crippen LogP) is 3.46. The topological polar surface area (TPSA) is 59.2 Å². The molecule has 0 saturated carbocycles. The van der Waals surface area contributed by atoms with Gasteiger partial charge < -0.3 is 9.42 Å². The van der Waals surface area contributed by atoms with Gasteiger partial charge in [0.15, 0.2) is 5.82 Å². The Balaban J connectivity index is 1.66. The summed E-state index contributed by atoms with van der Waals surface area (Å²) < 4.78 is 4.94. The van der Waals surface area contributed by atoms with Gasteiger partial charge in [0.25, 0.3) is 5.91 Å². The fraction of sp³-hybridized carbons (Fsp3) is 0.278. The Labute approximate surface area is 143 Å². The van der Waals surface area contributed by atoms with Crippen molar-refractivity contribution in [2.24, 2.45) is 0 Å². The van der Waals surface area contributed by atoms with Gasteiger partial charge in [-0.2, -0.15) is 4.98 Å². The van der Waals surface area contributed by atoms with Gasteiger partial charge in [-0.3, -0.25) is 4.79 Å². The third-order valence-corrected chi connectivity index (χ3v) is 5.61. The van der Waals surface area contributed by atoms with Crippen molar-refractivity contribution in [3.8, 4) is 0 Å². The zero-order valence-corrected chi connectivity index (χ0v) is 14.1. The third kappa shape index (κ3) is 2.63. The van der Waals surface area contributed by atoms with Crippen LogP contribution >= 0.6 is 11.3 Å². The van der Waals surface area contributed by atoms with E-state index in [1.54, 1.807) is 0 Å². The monoisotopic (exact) mass is 339 g/mol. The van der Waals surface area contributed by atoms with Crippen LogP contribution in [0.3, 0.4) is 0 Å². The molecule has 0 N–H and O–H groups in total. The van der Waals surface area contributed by atoms with Gasteiger partial charge in [0.1, 0.15) is 0 Å². The van der Waals surface area contributed by atoms with Crippen molar-refractivity contribution in [1.29, 1.82) is 0 Å². The second-order valence-corrected chi connectivity index (χ2v) is 6.97. The quantitative estimate of drug-likeness (QED) is 0.733. The molecule has 6 heteroatoms. The maximum atomic E-state index is 12.9. The fourth-order valence-electron chi connectivity index (χ4n) is 3.35. The number of thiophene rings is 1. The van der Waals surface area contributed by atoms with Crippen molar-refractivity contribution >= 4 is 17.2 Å². The molecule has 3 heterocycles. The Kier molecular flexibility index (Phi) is 3.90. The van der Waals surface area contributed by atoms with E-state index in [9.17, 15) is 4.79 Å². The molecule has 0 spiro atoms. The Morgan fingerprint density at radius 2 is 2.00 bits per heavy atom. The van der Waals surface area contributed by atoms with Crippen LogP contribution in [0.15, 0.2) is 52.7 Å². The molecule has 122 valence electrons. The van der Waals surface area contributed by atoms with Crippen LogP contribution in [0, 0.1) is 6.92 Å². The Morgan fingerprint density at radius 1 is 1.21 bits per heavy atom. The summed E-state index contributed by atoms with van der Waals surface area (Å²) in [4.78, 5) is 19.9. The smallest absolute Gasteiger partial charge is 0.264 e. The summed E-state index contributed by atoms with van der Waals surface area (Å²) in [6, 6.07) is 12.2. The Bertz CT molecular complexity index is 829. The predicted molar refractivity (Wildman–Crippen MR) is 91.2 cm³/mol. The number of carbonyl (C=O) groups is 1. The largest absolute Gasteiger partial charge is 0.343 e. The molecule has 2 atom stereocenters. The molecule has 1 saturated heterocycles. The lowest BCUT2D eigenvalue weighted by molar-refractivity contribution is 0.0793. The number of rotatable bonds is 3. The number of nitrogens with zero attached hydrogens (tertiary/aromatic N) is 3. The number of aromatic nitrogens is 2. The number of aryl methyl sites for hydroxylation is 1. The van der Waals surface area contributed by atoms with Crippen molar-refractivity contribution in [1.82, 2.24) is 15.0 Å². The normalized spacial score (nSPS) is 20.5. The lowest BCUT2D eigenvalue weighted by Gasteiger charge is -2.16. The molecule has 1 aliphatic rings. The van der Waals surface area contributed by atoms with Crippen molar-refractivity contribution in [3.05, 3.63) is 70.0 Å². The van der Waals surface area contributed by atoms with E-state index in [1.165, 1.54) is 23.3 Å². The Morgan fingerprint density at radius 3 is 2.67 bits per heavy atom. The molecule has 0 unspecified atom stereocenters. The molecule has 2 aromatic heterocycles. The van der Waals surface area contributed by atoms with Gasteiger partial charge in [-0.05, 0) is 29.5 Å². The van der Waals surface area contributed by atoms with Crippen LogP contribution in [0.1, 0.15) is 38.5 Å². The van der Waals surface area contributed by atoms with Crippen LogP contribution in [0.4, 0.5) is 0 Å². The Hall–Kier alpha value is -2.47. The first-order valence-corrected chi connectivity index (χ1v) is 8.76. The van der Waals surface area contributed by atoms with Gasteiger partial charge in [-0.25, -0.2) is 0 Å². The standard InChI is InChI=1S/C18H17N3O2S/c1-12-7-8-24-16(12)18(22)21-9-14(13-5-3-2-4-6-13)15(10-21)17-19-11-23-20-17/h2-8,11,14-15H,9-10H2,1H3/t14-,15-/m1/s1. The second-order valence-electron chi connectivity index (χ2n) is 6.06. The number of hydrogen-bond acceptors (Lipinski definition) is 5. The highest BCUT2D eigenvalue weighted by Gasteiger charge is 2.39. The molecule has 24 heavy (non-hydrogen) atoms. The van der Waals surface area contributed by atoms with Gasteiger partial charge in [0.05, 0.1) is 4.88 Å². The molecule has 1 amide bonds. The highest BCUT2D eigenvalue weighted by molar-refractivity contribution is 7.12. The summed E-state index contributed by atoms with van der Waals surface area (Å²) >= 11 is 1.50. The van der Waals surface area contributed by atoms with Gasteiger partial charge in [-0.1, -0.05) is 35.5 Å². The highest BCUT2D eigenvalue weighted by atomic mass is 32.1. The summed E-state index contributed by atoms with van der Waals surface area (Å²) in [5, 5.41) is 5.99. The number of likely N-dealkylation sites (tertiary alicyclic amines) is 1. The average molecular weight is 339 g/mol. The lowest BCUT2D eigenvalue weighted by Crippen LogP contribution is -2.28. The van der Waals surface area contributed by atoms with Gasteiger partial charge >= 0.3 is 0 Å². The zero-order chi connectivity index (χ0) is 16.5. The minimum atomic E-state index is 0.0513. The van der Waals surface area contributed by atoms with E-state index < -0.39 is 0 Å². The van der Waals surface area contributed by atoms with Crippen LogP contribution in [0.2, 0.25) is 0 Å². The number of carbonyl (C=O) groups excluding carboxylic acids is 1. The van der Waals surface area contributed by atoms with Crippen LogP contribution in [-0.2, 0) is 0 Å². The molecule has 0 radical (unpaired) electrons. The highest BCUT2D eigenvalue weighted by Crippen LogP contribution is 2.39. The first-order chi connectivity index (χ1) is 11.7. The summed E-state index contributed by atoms with van der Waals surface area (Å²) in [5.41, 5.74) is 2.23. The van der Waals surface area contributed by atoms with Crippen LogP contribution in [0.25, 0.3) is 0 Å². The molecule has 3 aromatic rings. The molecular weight excluding hydrogens is 322 g/mol. The van der Waals surface area contributed by atoms with Crippen molar-refractivity contribution in [2.75, 3.05) is 13.1 Å². The second kappa shape index (κ2) is 6.20. The first-order valence-electron chi connectivity index (χ1n) is 7.88.